The Kier molecular flexibility index (Phi) is 1.93. The Balaban J connectivity index is 2.98. The van der Waals surface area contributed by atoms with Gasteiger partial charge in [0.2, 0.25) is 0 Å². The summed E-state index contributed by atoms with van der Waals surface area (Å²) in [6.07, 6.45) is 2.02. The summed E-state index contributed by atoms with van der Waals surface area (Å²) in [5, 5.41) is 2.13. The van der Waals surface area contributed by atoms with E-state index in [2.05, 4.69) is 5.10 Å². The zero-order valence-corrected chi connectivity index (χ0v) is 5.77. The second-order valence-corrected chi connectivity index (χ2v) is 2.19. The molecule has 11 heavy (non-hydrogen) atoms. The minimum atomic E-state index is -1.54. The van der Waals surface area contributed by atoms with Crippen LogP contribution in [-0.2, 0) is 5.24 Å². The molecule has 0 fully saturated rings. The van der Waals surface area contributed by atoms with E-state index in [1.165, 1.54) is 12.3 Å². The van der Waals surface area contributed by atoms with Crippen molar-refractivity contribution in [2.45, 2.75) is 5.24 Å². The lowest BCUT2D eigenvalue weighted by Crippen LogP contribution is -2.35. The molecule has 0 saturated heterocycles. The number of hydrogen-bond acceptors (Lipinski definition) is 2. The Morgan fingerprint density at radius 1 is 1.55 bits per heavy atom. The number of hydrogen-bond donors (Lipinski definition) is 0. The van der Waals surface area contributed by atoms with Crippen molar-refractivity contribution in [2.75, 3.05) is 0 Å². The second-order valence-electron chi connectivity index (χ2n) is 2.19. The van der Waals surface area contributed by atoms with E-state index in [1.54, 1.807) is 0 Å². The molecular weight excluding hydrogens is 137 g/mol. The molecule has 1 aromatic heterocycles. The Hall–Kier alpha value is -0.925. The van der Waals surface area contributed by atoms with E-state index in [9.17, 15) is 4.79 Å². The van der Waals surface area contributed by atoms with Gasteiger partial charge in [-0.1, -0.05) is 0 Å². The SMILES string of the molecule is [B]C([B])([B])n1ccc(C=O)n1. The lowest BCUT2D eigenvalue weighted by molar-refractivity contribution is 0.111. The molecule has 6 heteroatoms. The molecule has 3 nitrogen and oxygen atoms in total. The lowest BCUT2D eigenvalue weighted by Gasteiger charge is -2.20. The van der Waals surface area contributed by atoms with Crippen LogP contribution < -0.4 is 0 Å². The Morgan fingerprint density at radius 2 is 2.18 bits per heavy atom. The van der Waals surface area contributed by atoms with Crippen molar-refractivity contribution in [1.29, 1.82) is 0 Å². The first-order chi connectivity index (χ1) is 5.04. The molecule has 48 valence electrons. The van der Waals surface area contributed by atoms with E-state index in [0.717, 1.165) is 4.68 Å². The van der Waals surface area contributed by atoms with Crippen LogP contribution in [0, 0.1) is 0 Å². The first kappa shape index (κ1) is 8.17. The standard InChI is InChI=1S/C5H3B3N2O/c6-5(7,8)10-2-1-4(3-11)9-10/h1-3H. The number of nitrogens with zero attached hydrogens (tertiary/aromatic N) is 2. The maximum absolute atomic E-state index is 10.1. The summed E-state index contributed by atoms with van der Waals surface area (Å²) in [6, 6.07) is 1.47. The van der Waals surface area contributed by atoms with Crippen molar-refractivity contribution >= 4 is 29.8 Å². The van der Waals surface area contributed by atoms with Crippen LogP contribution >= 0.6 is 0 Å². The van der Waals surface area contributed by atoms with Gasteiger partial charge in [-0.25, -0.2) is 0 Å². The van der Waals surface area contributed by atoms with Gasteiger partial charge >= 0.3 is 0 Å². The third kappa shape index (κ3) is 1.76. The molecule has 0 amide bonds. The highest BCUT2D eigenvalue weighted by Gasteiger charge is 2.11. The van der Waals surface area contributed by atoms with E-state index >= 15 is 0 Å². The van der Waals surface area contributed by atoms with Gasteiger partial charge in [0.1, 0.15) is 5.69 Å². The zero-order valence-electron chi connectivity index (χ0n) is 5.77. The molecule has 0 N–H and O–H groups in total. The van der Waals surface area contributed by atoms with Crippen molar-refractivity contribution < 1.29 is 4.79 Å². The third-order valence-electron chi connectivity index (χ3n) is 1.13. The number of rotatable bonds is 2. The second kappa shape index (κ2) is 2.60. The molecule has 0 atom stereocenters. The fraction of sp³-hybridized carbons (Fsp3) is 0.200. The number of carbonyl (C=O) groups is 1. The highest BCUT2D eigenvalue weighted by atomic mass is 16.1. The average molecular weight is 140 g/mol. The van der Waals surface area contributed by atoms with Gasteiger partial charge in [-0.05, 0) is 11.3 Å². The summed E-state index contributed by atoms with van der Waals surface area (Å²) in [7, 11) is 15.8. The van der Waals surface area contributed by atoms with E-state index in [-0.39, 0.29) is 5.69 Å². The molecule has 1 aromatic rings. The molecule has 0 bridgehead atoms. The van der Waals surface area contributed by atoms with Crippen molar-refractivity contribution in [2.24, 2.45) is 0 Å². The highest BCUT2D eigenvalue weighted by Crippen LogP contribution is 2.00. The Morgan fingerprint density at radius 3 is 2.45 bits per heavy atom. The molecule has 0 aliphatic heterocycles. The van der Waals surface area contributed by atoms with Gasteiger partial charge in [-0.2, -0.15) is 5.10 Å². The fourth-order valence-corrected chi connectivity index (χ4v) is 0.617. The summed E-state index contributed by atoms with van der Waals surface area (Å²) in [6.45, 7) is 0. The molecule has 0 aliphatic carbocycles. The van der Waals surface area contributed by atoms with Crippen LogP contribution in [0.5, 0.6) is 0 Å². The van der Waals surface area contributed by atoms with Crippen LogP contribution in [0.4, 0.5) is 0 Å². The number of carbonyl (C=O) groups excluding carboxylic acids is 1. The molecular formula is C5H3B3N2O. The van der Waals surface area contributed by atoms with Gasteiger partial charge in [-0.3, -0.25) is 9.48 Å². The summed E-state index contributed by atoms with van der Waals surface area (Å²) in [5.74, 6) is 0. The summed E-state index contributed by atoms with van der Waals surface area (Å²) in [5.41, 5.74) is 0.246. The van der Waals surface area contributed by atoms with Crippen molar-refractivity contribution in [3.8, 4) is 0 Å². The van der Waals surface area contributed by atoms with Gasteiger partial charge in [0, 0.05) is 6.20 Å². The van der Waals surface area contributed by atoms with Crippen LogP contribution in [0.15, 0.2) is 12.3 Å². The van der Waals surface area contributed by atoms with Crippen LogP contribution in [0.2, 0.25) is 0 Å². The highest BCUT2D eigenvalue weighted by molar-refractivity contribution is 6.56. The average Bonchev–Trinajstić information content (AvgIpc) is 2.32. The maximum Gasteiger partial charge on any atom is 0.170 e. The quantitative estimate of drug-likeness (QED) is 0.380. The van der Waals surface area contributed by atoms with E-state index in [0.29, 0.717) is 6.29 Å². The molecule has 1 rings (SSSR count). The summed E-state index contributed by atoms with van der Waals surface area (Å²) < 4.78 is 1.11. The molecule has 0 saturated carbocycles. The largest absolute Gasteiger partial charge is 0.296 e. The fourth-order valence-electron chi connectivity index (χ4n) is 0.617. The van der Waals surface area contributed by atoms with Gasteiger partial charge in [0.15, 0.2) is 6.29 Å². The van der Waals surface area contributed by atoms with Crippen LogP contribution in [0.3, 0.4) is 0 Å². The van der Waals surface area contributed by atoms with Gasteiger partial charge in [-0.15, -0.1) is 0 Å². The first-order valence-electron chi connectivity index (χ1n) is 2.92. The number of aromatic nitrogens is 2. The minimum Gasteiger partial charge on any atom is -0.296 e. The van der Waals surface area contributed by atoms with E-state index in [4.69, 9.17) is 23.5 Å². The molecule has 0 unspecified atom stereocenters. The number of aldehydes is 1. The van der Waals surface area contributed by atoms with Crippen molar-refractivity contribution in [3.63, 3.8) is 0 Å². The topological polar surface area (TPSA) is 34.9 Å². The van der Waals surface area contributed by atoms with E-state index in [1.807, 2.05) is 0 Å². The minimum absolute atomic E-state index is 0.246. The van der Waals surface area contributed by atoms with Gasteiger partial charge in [0.05, 0.1) is 23.5 Å². The van der Waals surface area contributed by atoms with Crippen molar-refractivity contribution in [1.82, 2.24) is 9.78 Å². The molecule has 1 heterocycles. The van der Waals surface area contributed by atoms with Crippen molar-refractivity contribution in [3.05, 3.63) is 18.0 Å². The van der Waals surface area contributed by atoms with E-state index < -0.39 is 5.24 Å². The Bertz CT molecular complexity index is 265. The molecule has 0 spiro atoms. The predicted molar refractivity (Wildman–Crippen MR) is 42.9 cm³/mol. The third-order valence-corrected chi connectivity index (χ3v) is 1.13. The maximum atomic E-state index is 10.1. The molecule has 0 aromatic carbocycles. The van der Waals surface area contributed by atoms with Crippen LogP contribution in [0.1, 0.15) is 10.5 Å². The van der Waals surface area contributed by atoms with Gasteiger partial charge in [0.25, 0.3) is 0 Å². The molecule has 0 aliphatic rings. The normalized spacial score (nSPS) is 11.3. The predicted octanol–water partition coefficient (Wildman–Crippen LogP) is -1.23. The summed E-state index contributed by atoms with van der Waals surface area (Å²) in [4.78, 5) is 10.1. The summed E-state index contributed by atoms with van der Waals surface area (Å²) >= 11 is 0. The monoisotopic (exact) mass is 140 g/mol. The lowest BCUT2D eigenvalue weighted by atomic mass is 9.49. The van der Waals surface area contributed by atoms with Crippen LogP contribution in [-0.4, -0.2) is 39.6 Å². The first-order valence-corrected chi connectivity index (χ1v) is 2.92. The molecule has 6 radical (unpaired) electrons. The zero-order chi connectivity index (χ0) is 8.48. The van der Waals surface area contributed by atoms with Crippen LogP contribution in [0.25, 0.3) is 0 Å². The smallest absolute Gasteiger partial charge is 0.170 e. The van der Waals surface area contributed by atoms with Gasteiger partial charge < -0.3 is 0 Å². The Labute approximate surface area is 68.4 Å².